The Kier molecular flexibility index (Phi) is 3.96. The van der Waals surface area contributed by atoms with Gasteiger partial charge in [-0.3, -0.25) is 10.3 Å². The molecule has 132 valence electrons. The number of aromatic nitrogens is 1. The van der Waals surface area contributed by atoms with Gasteiger partial charge in [0.25, 0.3) is 0 Å². The van der Waals surface area contributed by atoms with E-state index in [0.29, 0.717) is 23.2 Å². The lowest BCUT2D eigenvalue weighted by Crippen LogP contribution is -2.42. The van der Waals surface area contributed by atoms with E-state index in [1.807, 2.05) is 35.2 Å². The largest absolute Gasteiger partial charge is 0.497 e. The van der Waals surface area contributed by atoms with Gasteiger partial charge in [0.15, 0.2) is 0 Å². The SMILES string of the molecule is COc1ccc(C2Nc3occc3C(=N)N2c2ccc(OC)nc2)cc1. The number of nitrogens with one attached hydrogen (secondary N) is 2. The van der Waals surface area contributed by atoms with E-state index in [0.717, 1.165) is 17.0 Å². The standard InChI is InChI=1S/C19H18N4O3/c1-24-14-6-3-12(4-7-14)18-22-19-15(9-10-26-19)17(20)23(18)13-5-8-16(25-2)21-11-13/h3-11,18,20,22H,1-2H3. The van der Waals surface area contributed by atoms with Gasteiger partial charge in [-0.1, -0.05) is 12.1 Å². The fourth-order valence-corrected chi connectivity index (χ4v) is 2.99. The number of furan rings is 1. The molecule has 1 unspecified atom stereocenters. The van der Waals surface area contributed by atoms with Gasteiger partial charge in [0.2, 0.25) is 11.8 Å². The molecule has 0 fully saturated rings. The lowest BCUT2D eigenvalue weighted by molar-refractivity contribution is 0.398. The number of methoxy groups -OCH3 is 2. The van der Waals surface area contributed by atoms with Gasteiger partial charge in [0, 0.05) is 6.07 Å². The number of pyridine rings is 1. The van der Waals surface area contributed by atoms with Crippen molar-refractivity contribution in [3.05, 3.63) is 66.1 Å². The van der Waals surface area contributed by atoms with E-state index in [9.17, 15) is 0 Å². The Bertz CT molecular complexity index is 919. The highest BCUT2D eigenvalue weighted by Gasteiger charge is 2.33. The number of ether oxygens (including phenoxy) is 2. The summed E-state index contributed by atoms with van der Waals surface area (Å²) in [4.78, 5) is 6.14. The van der Waals surface area contributed by atoms with E-state index in [4.69, 9.17) is 19.3 Å². The van der Waals surface area contributed by atoms with E-state index in [1.54, 1.807) is 38.8 Å². The van der Waals surface area contributed by atoms with Crippen LogP contribution < -0.4 is 19.7 Å². The third-order valence-corrected chi connectivity index (χ3v) is 4.33. The monoisotopic (exact) mass is 350 g/mol. The van der Waals surface area contributed by atoms with Crippen LogP contribution in [0.5, 0.6) is 11.6 Å². The summed E-state index contributed by atoms with van der Waals surface area (Å²) in [5, 5.41) is 12.0. The summed E-state index contributed by atoms with van der Waals surface area (Å²) in [5.74, 6) is 2.21. The number of rotatable bonds is 4. The van der Waals surface area contributed by atoms with Crippen LogP contribution in [0.25, 0.3) is 0 Å². The van der Waals surface area contributed by atoms with Gasteiger partial charge < -0.3 is 19.2 Å². The van der Waals surface area contributed by atoms with Gasteiger partial charge >= 0.3 is 0 Å². The first-order chi connectivity index (χ1) is 12.7. The van der Waals surface area contributed by atoms with Crippen molar-refractivity contribution < 1.29 is 13.9 Å². The molecule has 3 aromatic rings. The Balaban J connectivity index is 1.78. The average molecular weight is 350 g/mol. The van der Waals surface area contributed by atoms with Crippen molar-refractivity contribution in [3.63, 3.8) is 0 Å². The lowest BCUT2D eigenvalue weighted by Gasteiger charge is -2.37. The van der Waals surface area contributed by atoms with Gasteiger partial charge in [0.05, 0.1) is 37.9 Å². The molecule has 4 rings (SSSR count). The topological polar surface area (TPSA) is 83.6 Å². The van der Waals surface area contributed by atoms with Gasteiger partial charge in [-0.05, 0) is 29.8 Å². The molecule has 1 atom stereocenters. The molecule has 0 bridgehead atoms. The highest BCUT2D eigenvalue weighted by Crippen LogP contribution is 2.37. The van der Waals surface area contributed by atoms with Gasteiger partial charge in [-0.15, -0.1) is 0 Å². The molecule has 1 aromatic carbocycles. The van der Waals surface area contributed by atoms with E-state index >= 15 is 0 Å². The van der Waals surface area contributed by atoms with Crippen molar-refractivity contribution in [2.75, 3.05) is 24.4 Å². The van der Waals surface area contributed by atoms with Crippen molar-refractivity contribution >= 4 is 17.4 Å². The first-order valence-corrected chi connectivity index (χ1v) is 8.07. The zero-order valence-electron chi connectivity index (χ0n) is 14.4. The molecule has 3 heterocycles. The number of benzene rings is 1. The maximum Gasteiger partial charge on any atom is 0.213 e. The molecule has 7 nitrogen and oxygen atoms in total. The number of amidine groups is 1. The molecule has 0 radical (unpaired) electrons. The first kappa shape index (κ1) is 16.0. The van der Waals surface area contributed by atoms with Crippen LogP contribution in [0.1, 0.15) is 17.3 Å². The second-order valence-electron chi connectivity index (χ2n) is 5.76. The number of hydrogen-bond acceptors (Lipinski definition) is 6. The molecule has 2 N–H and O–H groups in total. The van der Waals surface area contributed by atoms with Gasteiger partial charge in [0.1, 0.15) is 17.8 Å². The molecule has 2 aromatic heterocycles. The summed E-state index contributed by atoms with van der Waals surface area (Å²) in [6.07, 6.45) is 2.95. The molecular weight excluding hydrogens is 332 g/mol. The molecule has 0 saturated carbocycles. The molecule has 0 aliphatic carbocycles. The summed E-state index contributed by atoms with van der Waals surface area (Å²) in [6.45, 7) is 0. The average Bonchev–Trinajstić information content (AvgIpc) is 3.17. The van der Waals surface area contributed by atoms with Crippen LogP contribution in [-0.2, 0) is 0 Å². The molecular formula is C19H18N4O3. The van der Waals surface area contributed by atoms with Gasteiger partial charge in [-0.25, -0.2) is 4.98 Å². The zero-order chi connectivity index (χ0) is 18.1. The minimum Gasteiger partial charge on any atom is -0.497 e. The molecule has 26 heavy (non-hydrogen) atoms. The molecule has 0 spiro atoms. The Morgan fingerprint density at radius 3 is 2.54 bits per heavy atom. The van der Waals surface area contributed by atoms with E-state index in [2.05, 4.69) is 10.3 Å². The Labute approximate surface area is 150 Å². The first-order valence-electron chi connectivity index (χ1n) is 8.07. The molecule has 1 aliphatic heterocycles. The number of fused-ring (bicyclic) bond motifs is 1. The fraction of sp³-hybridized carbons (Fsp3) is 0.158. The minimum absolute atomic E-state index is 0.317. The second kappa shape index (κ2) is 6.44. The zero-order valence-corrected chi connectivity index (χ0v) is 14.4. The Morgan fingerprint density at radius 1 is 1.08 bits per heavy atom. The van der Waals surface area contributed by atoms with Crippen LogP contribution in [0, 0.1) is 5.41 Å². The molecule has 0 saturated heterocycles. The van der Waals surface area contributed by atoms with Gasteiger partial charge in [-0.2, -0.15) is 0 Å². The summed E-state index contributed by atoms with van der Waals surface area (Å²) < 4.78 is 15.9. The second-order valence-corrected chi connectivity index (χ2v) is 5.76. The van der Waals surface area contributed by atoms with E-state index < -0.39 is 0 Å². The van der Waals surface area contributed by atoms with Crippen LogP contribution in [0.2, 0.25) is 0 Å². The van der Waals surface area contributed by atoms with Crippen molar-refractivity contribution in [3.8, 4) is 11.6 Å². The van der Waals surface area contributed by atoms with E-state index in [-0.39, 0.29) is 6.17 Å². The summed E-state index contributed by atoms with van der Waals surface area (Å²) in [6, 6.07) is 13.1. The maximum atomic E-state index is 8.68. The normalized spacial score (nSPS) is 16.0. The third-order valence-electron chi connectivity index (χ3n) is 4.33. The summed E-state index contributed by atoms with van der Waals surface area (Å²) in [7, 11) is 3.21. The predicted molar refractivity (Wildman–Crippen MR) is 98.2 cm³/mol. The van der Waals surface area contributed by atoms with Crippen LogP contribution >= 0.6 is 0 Å². The highest BCUT2D eigenvalue weighted by atomic mass is 16.5. The Morgan fingerprint density at radius 2 is 1.88 bits per heavy atom. The van der Waals surface area contributed by atoms with Crippen molar-refractivity contribution in [1.29, 1.82) is 5.41 Å². The minimum atomic E-state index is -0.317. The van der Waals surface area contributed by atoms with Crippen LogP contribution in [0.15, 0.2) is 59.3 Å². The maximum absolute atomic E-state index is 8.68. The quantitative estimate of drug-likeness (QED) is 0.747. The van der Waals surface area contributed by atoms with E-state index in [1.165, 1.54) is 0 Å². The molecule has 1 aliphatic rings. The van der Waals surface area contributed by atoms with Crippen molar-refractivity contribution in [1.82, 2.24) is 4.98 Å². The molecule has 7 heteroatoms. The van der Waals surface area contributed by atoms with Crippen LogP contribution in [0.3, 0.4) is 0 Å². The van der Waals surface area contributed by atoms with Crippen LogP contribution in [0.4, 0.5) is 11.6 Å². The predicted octanol–water partition coefficient (Wildman–Crippen LogP) is 3.65. The third kappa shape index (κ3) is 2.63. The molecule has 0 amide bonds. The van der Waals surface area contributed by atoms with Crippen LogP contribution in [-0.4, -0.2) is 25.0 Å². The summed E-state index contributed by atoms with van der Waals surface area (Å²) in [5.41, 5.74) is 2.44. The highest BCUT2D eigenvalue weighted by molar-refractivity contribution is 6.12. The smallest absolute Gasteiger partial charge is 0.213 e. The van der Waals surface area contributed by atoms with Crippen molar-refractivity contribution in [2.45, 2.75) is 6.17 Å². The number of anilines is 2. The summed E-state index contributed by atoms with van der Waals surface area (Å²) >= 11 is 0. The number of hydrogen-bond donors (Lipinski definition) is 2. The Hall–Kier alpha value is -3.48. The number of nitrogens with zero attached hydrogens (tertiary/aromatic N) is 2. The van der Waals surface area contributed by atoms with Crippen molar-refractivity contribution in [2.24, 2.45) is 0 Å². The lowest BCUT2D eigenvalue weighted by atomic mass is 10.1. The fourth-order valence-electron chi connectivity index (χ4n) is 2.99.